The summed E-state index contributed by atoms with van der Waals surface area (Å²) in [6, 6.07) is 11.7. The first kappa shape index (κ1) is 14.0. The van der Waals surface area contributed by atoms with Gasteiger partial charge in [-0.15, -0.1) is 0 Å². The number of carbonyl (C=O) groups is 1. The van der Waals surface area contributed by atoms with Crippen LogP contribution in [0.1, 0.15) is 15.9 Å². The van der Waals surface area contributed by atoms with Crippen molar-refractivity contribution in [2.45, 2.75) is 6.54 Å². The highest BCUT2D eigenvalue weighted by atomic mass is 35.5. The van der Waals surface area contributed by atoms with Gasteiger partial charge in [-0.25, -0.2) is 4.39 Å². The van der Waals surface area contributed by atoms with Crippen molar-refractivity contribution in [1.82, 2.24) is 5.32 Å². The van der Waals surface area contributed by atoms with Gasteiger partial charge in [-0.2, -0.15) is 0 Å². The van der Waals surface area contributed by atoms with E-state index in [1.165, 1.54) is 18.2 Å². The van der Waals surface area contributed by atoms with Crippen molar-refractivity contribution in [3.8, 4) is 0 Å². The van der Waals surface area contributed by atoms with E-state index in [0.29, 0.717) is 24.7 Å². The molecule has 2 aromatic rings. The number of anilines is 1. The van der Waals surface area contributed by atoms with Crippen LogP contribution in [0.4, 0.5) is 10.1 Å². The zero-order valence-electron chi connectivity index (χ0n) is 11.3. The number of rotatable bonds is 1. The van der Waals surface area contributed by atoms with Crippen LogP contribution in [0.25, 0.3) is 0 Å². The first-order chi connectivity index (χ1) is 10.2. The van der Waals surface area contributed by atoms with Crippen LogP contribution < -0.4 is 10.2 Å². The maximum absolute atomic E-state index is 13.9. The monoisotopic (exact) mass is 304 g/mol. The van der Waals surface area contributed by atoms with Crippen LogP contribution in [-0.4, -0.2) is 19.0 Å². The average molecular weight is 305 g/mol. The molecule has 0 atom stereocenters. The lowest BCUT2D eigenvalue weighted by Gasteiger charge is -2.22. The summed E-state index contributed by atoms with van der Waals surface area (Å²) in [4.78, 5) is 14.3. The number of amides is 1. The molecule has 5 heteroatoms. The van der Waals surface area contributed by atoms with Gasteiger partial charge in [0, 0.05) is 30.3 Å². The first-order valence-electron chi connectivity index (χ1n) is 6.72. The normalized spacial score (nSPS) is 14.5. The van der Waals surface area contributed by atoms with Gasteiger partial charge in [-0.1, -0.05) is 29.8 Å². The maximum atomic E-state index is 13.9. The van der Waals surface area contributed by atoms with E-state index in [0.717, 1.165) is 11.3 Å². The number of benzene rings is 2. The molecule has 2 aromatic carbocycles. The second-order valence-corrected chi connectivity index (χ2v) is 5.32. The number of para-hydroxylation sites is 1. The third-order valence-corrected chi connectivity index (χ3v) is 3.75. The molecule has 1 amide bonds. The van der Waals surface area contributed by atoms with Crippen molar-refractivity contribution in [2.24, 2.45) is 0 Å². The van der Waals surface area contributed by atoms with Gasteiger partial charge in [0.2, 0.25) is 0 Å². The zero-order chi connectivity index (χ0) is 14.8. The number of hydrogen-bond donors (Lipinski definition) is 1. The van der Waals surface area contributed by atoms with E-state index in [1.54, 1.807) is 4.90 Å². The fourth-order valence-electron chi connectivity index (χ4n) is 2.48. The van der Waals surface area contributed by atoms with Crippen LogP contribution >= 0.6 is 11.6 Å². The Morgan fingerprint density at radius 3 is 2.90 bits per heavy atom. The fraction of sp³-hybridized carbons (Fsp3) is 0.188. The van der Waals surface area contributed by atoms with Crippen LogP contribution in [-0.2, 0) is 6.54 Å². The molecule has 108 valence electrons. The first-order valence-corrected chi connectivity index (χ1v) is 7.10. The van der Waals surface area contributed by atoms with Gasteiger partial charge >= 0.3 is 0 Å². The largest absolute Gasteiger partial charge is 0.311 e. The highest BCUT2D eigenvalue weighted by Crippen LogP contribution is 2.25. The van der Waals surface area contributed by atoms with Crippen molar-refractivity contribution in [1.29, 1.82) is 0 Å². The van der Waals surface area contributed by atoms with Gasteiger partial charge in [-0.05, 0) is 29.8 Å². The second-order valence-electron chi connectivity index (χ2n) is 4.89. The molecule has 0 aromatic heterocycles. The Bertz CT molecular complexity index is 690. The zero-order valence-corrected chi connectivity index (χ0v) is 12.0. The van der Waals surface area contributed by atoms with E-state index < -0.39 is 5.82 Å². The van der Waals surface area contributed by atoms with E-state index in [9.17, 15) is 9.18 Å². The van der Waals surface area contributed by atoms with Crippen LogP contribution in [0, 0.1) is 5.82 Å². The summed E-state index contributed by atoms with van der Waals surface area (Å²) < 4.78 is 13.9. The highest BCUT2D eigenvalue weighted by molar-refractivity contribution is 6.31. The topological polar surface area (TPSA) is 32.3 Å². The molecule has 0 unspecified atom stereocenters. The quantitative estimate of drug-likeness (QED) is 0.877. The molecule has 0 spiro atoms. The third kappa shape index (κ3) is 2.77. The van der Waals surface area contributed by atoms with E-state index >= 15 is 0 Å². The van der Waals surface area contributed by atoms with E-state index in [4.69, 9.17) is 11.6 Å². The molecular formula is C16H14ClFN2O. The molecule has 0 aliphatic carbocycles. The summed E-state index contributed by atoms with van der Waals surface area (Å²) in [6.45, 7) is 1.84. The Balaban J connectivity index is 2.03. The van der Waals surface area contributed by atoms with Gasteiger partial charge in [0.15, 0.2) is 0 Å². The number of hydrogen-bond acceptors (Lipinski definition) is 2. The number of halogens is 2. The van der Waals surface area contributed by atoms with Gasteiger partial charge in [0.25, 0.3) is 5.91 Å². The second kappa shape index (κ2) is 5.84. The Hall–Kier alpha value is -1.91. The molecule has 0 bridgehead atoms. The molecule has 1 N–H and O–H groups in total. The predicted octanol–water partition coefficient (Wildman–Crippen LogP) is 3.23. The Labute approximate surface area is 127 Å². The van der Waals surface area contributed by atoms with E-state index in [-0.39, 0.29) is 11.5 Å². The Kier molecular flexibility index (Phi) is 3.90. The minimum absolute atomic E-state index is 0.000738. The standard InChI is InChI=1S/C16H14ClFN2O/c17-12-5-6-14(18)13(9-12)16(21)20-8-7-19-10-11-3-1-2-4-15(11)20/h1-6,9,19H,7-8,10H2. The molecule has 0 saturated carbocycles. The van der Waals surface area contributed by atoms with Crippen LogP contribution in [0.15, 0.2) is 42.5 Å². The van der Waals surface area contributed by atoms with Crippen LogP contribution in [0.5, 0.6) is 0 Å². The minimum Gasteiger partial charge on any atom is -0.311 e. The van der Waals surface area contributed by atoms with Gasteiger partial charge in [0.1, 0.15) is 5.82 Å². The summed E-state index contributed by atoms with van der Waals surface area (Å²) in [7, 11) is 0. The summed E-state index contributed by atoms with van der Waals surface area (Å²) in [6.07, 6.45) is 0. The Morgan fingerprint density at radius 2 is 2.05 bits per heavy atom. The molecule has 21 heavy (non-hydrogen) atoms. The molecule has 0 fully saturated rings. The lowest BCUT2D eigenvalue weighted by molar-refractivity contribution is 0.0983. The van der Waals surface area contributed by atoms with Crippen molar-refractivity contribution >= 4 is 23.2 Å². The molecule has 1 heterocycles. The summed E-state index contributed by atoms with van der Waals surface area (Å²) >= 11 is 5.88. The van der Waals surface area contributed by atoms with Crippen molar-refractivity contribution < 1.29 is 9.18 Å². The smallest absolute Gasteiger partial charge is 0.261 e. The number of nitrogens with one attached hydrogen (secondary N) is 1. The summed E-state index contributed by atoms with van der Waals surface area (Å²) in [5.74, 6) is -0.926. The van der Waals surface area contributed by atoms with E-state index in [1.807, 2.05) is 24.3 Å². The molecule has 3 rings (SSSR count). The molecule has 0 radical (unpaired) electrons. The van der Waals surface area contributed by atoms with Crippen molar-refractivity contribution in [3.63, 3.8) is 0 Å². The summed E-state index contributed by atoms with van der Waals surface area (Å²) in [5.41, 5.74) is 1.83. The fourth-order valence-corrected chi connectivity index (χ4v) is 2.65. The number of fused-ring (bicyclic) bond motifs is 1. The number of nitrogens with zero attached hydrogens (tertiary/aromatic N) is 1. The molecule has 1 aliphatic heterocycles. The van der Waals surface area contributed by atoms with E-state index in [2.05, 4.69) is 5.32 Å². The molecule has 0 saturated heterocycles. The average Bonchev–Trinajstić information content (AvgIpc) is 2.71. The number of carbonyl (C=O) groups excluding carboxylic acids is 1. The van der Waals surface area contributed by atoms with Crippen molar-refractivity contribution in [3.05, 3.63) is 64.4 Å². The predicted molar refractivity (Wildman–Crippen MR) is 81.2 cm³/mol. The SMILES string of the molecule is O=C(c1cc(Cl)ccc1F)N1CCNCc2ccccc21. The lowest BCUT2D eigenvalue weighted by atomic mass is 10.1. The van der Waals surface area contributed by atoms with Crippen molar-refractivity contribution in [2.75, 3.05) is 18.0 Å². The third-order valence-electron chi connectivity index (χ3n) is 3.51. The van der Waals surface area contributed by atoms with Gasteiger partial charge in [0.05, 0.1) is 5.56 Å². The molecule has 1 aliphatic rings. The Morgan fingerprint density at radius 1 is 1.24 bits per heavy atom. The highest BCUT2D eigenvalue weighted by Gasteiger charge is 2.24. The molecular weight excluding hydrogens is 291 g/mol. The van der Waals surface area contributed by atoms with Gasteiger partial charge < -0.3 is 10.2 Å². The van der Waals surface area contributed by atoms with Crippen LogP contribution in [0.2, 0.25) is 5.02 Å². The molecule has 3 nitrogen and oxygen atoms in total. The lowest BCUT2D eigenvalue weighted by Crippen LogP contribution is -2.35. The minimum atomic E-state index is -0.556. The maximum Gasteiger partial charge on any atom is 0.261 e. The van der Waals surface area contributed by atoms with Gasteiger partial charge in [-0.3, -0.25) is 4.79 Å². The summed E-state index contributed by atoms with van der Waals surface area (Å²) in [5, 5.41) is 3.60. The van der Waals surface area contributed by atoms with Crippen LogP contribution in [0.3, 0.4) is 0 Å².